The summed E-state index contributed by atoms with van der Waals surface area (Å²) in [6.07, 6.45) is 0. The fraction of sp³-hybridized carbons (Fsp3) is 0.500. The second kappa shape index (κ2) is 4.00. The molecular formula is C12H18N4O. The molecule has 2 heterocycles. The first kappa shape index (κ1) is 11.9. The van der Waals surface area contributed by atoms with E-state index in [4.69, 9.17) is 10.5 Å². The highest BCUT2D eigenvalue weighted by Gasteiger charge is 2.25. The molecule has 0 fully saturated rings. The van der Waals surface area contributed by atoms with Gasteiger partial charge in [-0.1, -0.05) is 20.8 Å². The summed E-state index contributed by atoms with van der Waals surface area (Å²) < 4.78 is 5.06. The van der Waals surface area contributed by atoms with Gasteiger partial charge in [-0.05, 0) is 11.5 Å². The predicted octanol–water partition coefficient (Wildman–Crippen LogP) is 2.01. The van der Waals surface area contributed by atoms with Crippen LogP contribution in [0.25, 0.3) is 11.2 Å². The third-order valence-electron chi connectivity index (χ3n) is 2.78. The predicted molar refractivity (Wildman–Crippen MR) is 66.8 cm³/mol. The first-order valence-electron chi connectivity index (χ1n) is 5.58. The van der Waals surface area contributed by atoms with Gasteiger partial charge in [0.1, 0.15) is 5.82 Å². The van der Waals surface area contributed by atoms with Crippen LogP contribution in [0.3, 0.4) is 0 Å². The summed E-state index contributed by atoms with van der Waals surface area (Å²) in [4.78, 5) is 11.9. The molecule has 0 aliphatic rings. The third kappa shape index (κ3) is 2.24. The molecule has 17 heavy (non-hydrogen) atoms. The molecule has 0 spiro atoms. The number of nitrogens with zero attached hydrogens (tertiary/aromatic N) is 2. The molecule has 5 nitrogen and oxygen atoms in total. The van der Waals surface area contributed by atoms with Gasteiger partial charge in [0.25, 0.3) is 0 Å². The molecule has 92 valence electrons. The maximum atomic E-state index is 6.15. The molecule has 2 rings (SSSR count). The standard InChI is InChI=1S/C12H18N4O/c1-12(2,3)9(13)11-14-7-5-6-8(17-4)15-10(7)16-11/h5-6,9H,13H2,1-4H3,(H,14,15,16). The van der Waals surface area contributed by atoms with Gasteiger partial charge in [0.15, 0.2) is 5.65 Å². The molecule has 0 aromatic carbocycles. The number of fused-ring (bicyclic) bond motifs is 1. The van der Waals surface area contributed by atoms with Gasteiger partial charge in [0, 0.05) is 6.07 Å². The maximum Gasteiger partial charge on any atom is 0.215 e. The Balaban J connectivity index is 2.44. The number of ether oxygens (including phenoxy) is 1. The van der Waals surface area contributed by atoms with Gasteiger partial charge in [-0.3, -0.25) is 0 Å². The van der Waals surface area contributed by atoms with E-state index in [2.05, 4.69) is 35.7 Å². The number of methoxy groups -OCH3 is 1. The highest BCUT2D eigenvalue weighted by Crippen LogP contribution is 2.29. The Morgan fingerprint density at radius 1 is 1.29 bits per heavy atom. The Kier molecular flexibility index (Phi) is 2.79. The van der Waals surface area contributed by atoms with Crippen molar-refractivity contribution >= 4 is 11.2 Å². The Morgan fingerprint density at radius 3 is 2.59 bits per heavy atom. The van der Waals surface area contributed by atoms with Crippen molar-refractivity contribution < 1.29 is 4.74 Å². The number of hydrogen-bond donors (Lipinski definition) is 2. The third-order valence-corrected chi connectivity index (χ3v) is 2.78. The van der Waals surface area contributed by atoms with E-state index >= 15 is 0 Å². The van der Waals surface area contributed by atoms with Gasteiger partial charge in [-0.2, -0.15) is 4.98 Å². The van der Waals surface area contributed by atoms with Crippen LogP contribution in [-0.2, 0) is 0 Å². The van der Waals surface area contributed by atoms with Gasteiger partial charge < -0.3 is 15.5 Å². The number of hydrogen-bond acceptors (Lipinski definition) is 4. The average Bonchev–Trinajstić information content (AvgIpc) is 2.68. The molecule has 1 unspecified atom stereocenters. The van der Waals surface area contributed by atoms with Gasteiger partial charge >= 0.3 is 0 Å². The molecule has 2 aromatic heterocycles. The molecule has 1 atom stereocenters. The largest absolute Gasteiger partial charge is 0.481 e. The fourth-order valence-corrected chi connectivity index (χ4v) is 1.56. The number of nitrogens with two attached hydrogens (primary N) is 1. The van der Waals surface area contributed by atoms with Crippen molar-refractivity contribution in [2.24, 2.45) is 11.1 Å². The Bertz CT molecular complexity index is 527. The van der Waals surface area contributed by atoms with Crippen LogP contribution < -0.4 is 10.5 Å². The molecule has 0 bridgehead atoms. The van der Waals surface area contributed by atoms with E-state index in [0.29, 0.717) is 11.5 Å². The van der Waals surface area contributed by atoms with Crippen molar-refractivity contribution in [3.63, 3.8) is 0 Å². The van der Waals surface area contributed by atoms with Gasteiger partial charge in [-0.15, -0.1) is 0 Å². The summed E-state index contributed by atoms with van der Waals surface area (Å²) >= 11 is 0. The molecule has 0 radical (unpaired) electrons. The SMILES string of the molecule is COc1ccc2[nH]c(C(N)C(C)(C)C)nc2n1. The Hall–Kier alpha value is -1.62. The molecular weight excluding hydrogens is 216 g/mol. The summed E-state index contributed by atoms with van der Waals surface area (Å²) in [7, 11) is 1.59. The molecule has 5 heteroatoms. The number of nitrogens with one attached hydrogen (secondary N) is 1. The molecule has 0 aliphatic heterocycles. The topological polar surface area (TPSA) is 76.8 Å². The highest BCUT2D eigenvalue weighted by atomic mass is 16.5. The minimum Gasteiger partial charge on any atom is -0.481 e. The first-order valence-corrected chi connectivity index (χ1v) is 5.58. The molecule has 3 N–H and O–H groups in total. The summed E-state index contributed by atoms with van der Waals surface area (Å²) in [6, 6.07) is 3.54. The van der Waals surface area contributed by atoms with Crippen LogP contribution in [0, 0.1) is 5.41 Å². The van der Waals surface area contributed by atoms with E-state index in [1.54, 1.807) is 13.2 Å². The van der Waals surface area contributed by atoms with Crippen molar-refractivity contribution in [1.29, 1.82) is 0 Å². The zero-order valence-electron chi connectivity index (χ0n) is 10.6. The van der Waals surface area contributed by atoms with Crippen LogP contribution in [0.5, 0.6) is 5.88 Å². The van der Waals surface area contributed by atoms with Crippen LogP contribution in [0.2, 0.25) is 0 Å². The smallest absolute Gasteiger partial charge is 0.215 e. The lowest BCUT2D eigenvalue weighted by atomic mass is 9.87. The summed E-state index contributed by atoms with van der Waals surface area (Å²) in [5, 5.41) is 0. The van der Waals surface area contributed by atoms with Crippen LogP contribution in [0.1, 0.15) is 32.6 Å². The van der Waals surface area contributed by atoms with E-state index in [1.807, 2.05) is 6.07 Å². The number of aromatic nitrogens is 3. The van der Waals surface area contributed by atoms with Crippen molar-refractivity contribution in [2.45, 2.75) is 26.8 Å². The van der Waals surface area contributed by atoms with Crippen LogP contribution in [0.15, 0.2) is 12.1 Å². The Morgan fingerprint density at radius 2 is 2.00 bits per heavy atom. The van der Waals surface area contributed by atoms with E-state index in [0.717, 1.165) is 11.3 Å². The first-order chi connectivity index (χ1) is 7.91. The molecule has 0 aliphatic carbocycles. The van der Waals surface area contributed by atoms with E-state index < -0.39 is 0 Å². The number of rotatable bonds is 2. The van der Waals surface area contributed by atoms with Gasteiger partial charge in [0.2, 0.25) is 5.88 Å². The normalized spacial score (nSPS) is 13.9. The zero-order chi connectivity index (χ0) is 12.6. The molecule has 0 saturated heterocycles. The second-order valence-corrected chi connectivity index (χ2v) is 5.19. The van der Waals surface area contributed by atoms with E-state index in [-0.39, 0.29) is 11.5 Å². The van der Waals surface area contributed by atoms with E-state index in [9.17, 15) is 0 Å². The lowest BCUT2D eigenvalue weighted by molar-refractivity contribution is 0.317. The number of pyridine rings is 1. The molecule has 2 aromatic rings. The van der Waals surface area contributed by atoms with Crippen LogP contribution in [0.4, 0.5) is 0 Å². The zero-order valence-corrected chi connectivity index (χ0v) is 10.6. The number of H-pyrrole nitrogens is 1. The Labute approximate surface area is 100 Å². The van der Waals surface area contributed by atoms with Crippen LogP contribution in [-0.4, -0.2) is 22.1 Å². The minimum atomic E-state index is -0.150. The van der Waals surface area contributed by atoms with Crippen molar-refractivity contribution in [1.82, 2.24) is 15.0 Å². The van der Waals surface area contributed by atoms with Crippen molar-refractivity contribution in [3.05, 3.63) is 18.0 Å². The highest BCUT2D eigenvalue weighted by molar-refractivity contribution is 5.71. The summed E-state index contributed by atoms with van der Waals surface area (Å²) in [6.45, 7) is 6.25. The van der Waals surface area contributed by atoms with Crippen molar-refractivity contribution in [2.75, 3.05) is 7.11 Å². The lowest BCUT2D eigenvalue weighted by Gasteiger charge is -2.24. The summed E-state index contributed by atoms with van der Waals surface area (Å²) in [5.74, 6) is 1.31. The van der Waals surface area contributed by atoms with Gasteiger partial charge in [0.05, 0.1) is 18.7 Å². The van der Waals surface area contributed by atoms with E-state index in [1.165, 1.54) is 0 Å². The second-order valence-electron chi connectivity index (χ2n) is 5.19. The molecule has 0 amide bonds. The fourth-order valence-electron chi connectivity index (χ4n) is 1.56. The molecule has 0 saturated carbocycles. The quantitative estimate of drug-likeness (QED) is 0.833. The van der Waals surface area contributed by atoms with Gasteiger partial charge in [-0.25, -0.2) is 4.98 Å². The minimum absolute atomic E-state index is 0.0437. The average molecular weight is 234 g/mol. The van der Waals surface area contributed by atoms with Crippen LogP contribution >= 0.6 is 0 Å². The lowest BCUT2D eigenvalue weighted by Crippen LogP contribution is -2.27. The number of aromatic amines is 1. The number of imidazole rings is 1. The summed E-state index contributed by atoms with van der Waals surface area (Å²) in [5.41, 5.74) is 7.62. The van der Waals surface area contributed by atoms with Crippen molar-refractivity contribution in [3.8, 4) is 5.88 Å². The monoisotopic (exact) mass is 234 g/mol. The maximum absolute atomic E-state index is 6.15.